The van der Waals surface area contributed by atoms with Gasteiger partial charge in [-0.3, -0.25) is 0 Å². The number of hydrogen-bond acceptors (Lipinski definition) is 3. The summed E-state index contributed by atoms with van der Waals surface area (Å²) in [6.45, 7) is 5.42. The predicted octanol–water partition coefficient (Wildman–Crippen LogP) is 2.72. The van der Waals surface area contributed by atoms with Crippen molar-refractivity contribution in [3.63, 3.8) is 0 Å². The molecule has 1 fully saturated rings. The van der Waals surface area contributed by atoms with E-state index in [4.69, 9.17) is 5.73 Å². The summed E-state index contributed by atoms with van der Waals surface area (Å²) in [6, 6.07) is 3.43. The van der Waals surface area contributed by atoms with Crippen molar-refractivity contribution in [1.82, 2.24) is 5.32 Å². The van der Waals surface area contributed by atoms with Gasteiger partial charge in [-0.1, -0.05) is 0 Å². The van der Waals surface area contributed by atoms with Gasteiger partial charge in [-0.05, 0) is 51.2 Å². The van der Waals surface area contributed by atoms with Gasteiger partial charge in [0.05, 0.1) is 0 Å². The number of nitrogens with two attached hydrogens (primary N) is 1. The van der Waals surface area contributed by atoms with Crippen molar-refractivity contribution in [3.8, 4) is 0 Å². The van der Waals surface area contributed by atoms with Gasteiger partial charge in [0.15, 0.2) is 0 Å². The zero-order valence-corrected chi connectivity index (χ0v) is 11.1. The van der Waals surface area contributed by atoms with Gasteiger partial charge in [-0.15, -0.1) is 11.3 Å². The fourth-order valence-corrected chi connectivity index (χ4v) is 3.38. The summed E-state index contributed by atoms with van der Waals surface area (Å²) >= 11 is 1.90. The highest BCUT2D eigenvalue weighted by Crippen LogP contribution is 2.22. The molecule has 1 aromatic rings. The number of thiophene rings is 1. The molecule has 0 radical (unpaired) electrons. The summed E-state index contributed by atoms with van der Waals surface area (Å²) in [5.74, 6) is 0. The van der Waals surface area contributed by atoms with Crippen LogP contribution in [0, 0.1) is 13.8 Å². The van der Waals surface area contributed by atoms with Crippen molar-refractivity contribution in [2.75, 3.05) is 0 Å². The van der Waals surface area contributed by atoms with E-state index in [9.17, 15) is 0 Å². The molecule has 1 aromatic heterocycles. The van der Waals surface area contributed by atoms with Crippen molar-refractivity contribution in [2.24, 2.45) is 5.73 Å². The third kappa shape index (κ3) is 3.06. The van der Waals surface area contributed by atoms with Crippen LogP contribution in [0.3, 0.4) is 0 Å². The first kappa shape index (κ1) is 12.1. The summed E-state index contributed by atoms with van der Waals surface area (Å²) in [5.41, 5.74) is 7.38. The van der Waals surface area contributed by atoms with Crippen LogP contribution in [0.15, 0.2) is 6.07 Å². The standard InChI is InChI=1S/C13H22N2S/c1-9-7-11(10(2)16-9)8-15-13-5-3-12(14)4-6-13/h7,12-13,15H,3-6,8,14H2,1-2H3. The summed E-state index contributed by atoms with van der Waals surface area (Å²) in [4.78, 5) is 2.87. The lowest BCUT2D eigenvalue weighted by Crippen LogP contribution is -2.37. The van der Waals surface area contributed by atoms with E-state index in [0.717, 1.165) is 6.54 Å². The molecule has 16 heavy (non-hydrogen) atoms. The van der Waals surface area contributed by atoms with Gasteiger partial charge >= 0.3 is 0 Å². The van der Waals surface area contributed by atoms with Crippen LogP contribution in [0.5, 0.6) is 0 Å². The average molecular weight is 238 g/mol. The Morgan fingerprint density at radius 1 is 1.31 bits per heavy atom. The maximum Gasteiger partial charge on any atom is 0.0219 e. The largest absolute Gasteiger partial charge is 0.328 e. The Balaban J connectivity index is 1.81. The molecule has 0 atom stereocenters. The van der Waals surface area contributed by atoms with Crippen LogP contribution in [0.2, 0.25) is 0 Å². The minimum Gasteiger partial charge on any atom is -0.328 e. The molecule has 3 heteroatoms. The Labute approximate surface area is 102 Å². The Hall–Kier alpha value is -0.380. The van der Waals surface area contributed by atoms with E-state index in [-0.39, 0.29) is 0 Å². The van der Waals surface area contributed by atoms with Crippen molar-refractivity contribution in [2.45, 2.75) is 58.2 Å². The van der Waals surface area contributed by atoms with Gasteiger partial charge in [-0.2, -0.15) is 0 Å². The first-order valence-electron chi connectivity index (χ1n) is 6.20. The fourth-order valence-electron chi connectivity index (χ4n) is 2.44. The van der Waals surface area contributed by atoms with Crippen LogP contribution in [0.25, 0.3) is 0 Å². The second-order valence-electron chi connectivity index (χ2n) is 4.93. The van der Waals surface area contributed by atoms with Crippen molar-refractivity contribution in [3.05, 3.63) is 21.4 Å². The highest BCUT2D eigenvalue weighted by molar-refractivity contribution is 7.12. The molecule has 0 aliphatic heterocycles. The van der Waals surface area contributed by atoms with Crippen molar-refractivity contribution >= 4 is 11.3 Å². The van der Waals surface area contributed by atoms with E-state index in [1.807, 2.05) is 11.3 Å². The van der Waals surface area contributed by atoms with Crippen LogP contribution in [0.1, 0.15) is 41.0 Å². The lowest BCUT2D eigenvalue weighted by Gasteiger charge is -2.26. The molecule has 0 unspecified atom stereocenters. The summed E-state index contributed by atoms with van der Waals surface area (Å²) in [7, 11) is 0. The third-order valence-corrected chi connectivity index (χ3v) is 4.51. The Morgan fingerprint density at radius 3 is 2.56 bits per heavy atom. The molecule has 0 aromatic carbocycles. The maximum absolute atomic E-state index is 5.91. The van der Waals surface area contributed by atoms with E-state index >= 15 is 0 Å². The maximum atomic E-state index is 5.91. The SMILES string of the molecule is Cc1cc(CNC2CCC(N)CC2)c(C)s1. The van der Waals surface area contributed by atoms with Crippen LogP contribution >= 0.6 is 11.3 Å². The molecule has 3 N–H and O–H groups in total. The van der Waals surface area contributed by atoms with Crippen LogP contribution in [-0.2, 0) is 6.54 Å². The molecule has 0 spiro atoms. The number of nitrogens with one attached hydrogen (secondary N) is 1. The molecule has 1 aliphatic carbocycles. The molecular weight excluding hydrogens is 216 g/mol. The van der Waals surface area contributed by atoms with E-state index in [1.165, 1.54) is 41.0 Å². The van der Waals surface area contributed by atoms with Gasteiger partial charge in [-0.25, -0.2) is 0 Å². The molecule has 0 saturated heterocycles. The summed E-state index contributed by atoms with van der Waals surface area (Å²) in [6.07, 6.45) is 4.84. The lowest BCUT2D eigenvalue weighted by molar-refractivity contribution is 0.342. The second-order valence-corrected chi connectivity index (χ2v) is 6.39. The van der Waals surface area contributed by atoms with E-state index in [0.29, 0.717) is 12.1 Å². The van der Waals surface area contributed by atoms with Crippen LogP contribution in [0.4, 0.5) is 0 Å². The molecular formula is C13H22N2S. The van der Waals surface area contributed by atoms with E-state index in [1.54, 1.807) is 0 Å². The quantitative estimate of drug-likeness (QED) is 0.849. The smallest absolute Gasteiger partial charge is 0.0219 e. The van der Waals surface area contributed by atoms with Gasteiger partial charge < -0.3 is 11.1 Å². The monoisotopic (exact) mass is 238 g/mol. The average Bonchev–Trinajstić information content (AvgIpc) is 2.57. The normalized spacial score (nSPS) is 25.9. The zero-order chi connectivity index (χ0) is 11.5. The topological polar surface area (TPSA) is 38.0 Å². The summed E-state index contributed by atoms with van der Waals surface area (Å²) < 4.78 is 0. The Kier molecular flexibility index (Phi) is 4.00. The fraction of sp³-hybridized carbons (Fsp3) is 0.692. The van der Waals surface area contributed by atoms with Gasteiger partial charge in [0.2, 0.25) is 0 Å². The molecule has 0 amide bonds. The zero-order valence-electron chi connectivity index (χ0n) is 10.3. The molecule has 2 nitrogen and oxygen atoms in total. The minimum atomic E-state index is 0.447. The minimum absolute atomic E-state index is 0.447. The number of rotatable bonds is 3. The van der Waals surface area contributed by atoms with Gasteiger partial charge in [0.25, 0.3) is 0 Å². The Bertz CT molecular complexity index is 338. The molecule has 90 valence electrons. The van der Waals surface area contributed by atoms with Gasteiger partial charge in [0, 0.05) is 28.4 Å². The Morgan fingerprint density at radius 2 is 2.00 bits per heavy atom. The first-order valence-corrected chi connectivity index (χ1v) is 7.01. The molecule has 0 bridgehead atoms. The van der Waals surface area contributed by atoms with Crippen LogP contribution < -0.4 is 11.1 Å². The number of hydrogen-bond donors (Lipinski definition) is 2. The van der Waals surface area contributed by atoms with E-state index in [2.05, 4.69) is 25.2 Å². The molecule has 1 aliphatic rings. The second kappa shape index (κ2) is 5.30. The van der Waals surface area contributed by atoms with Crippen molar-refractivity contribution < 1.29 is 0 Å². The van der Waals surface area contributed by atoms with Crippen LogP contribution in [-0.4, -0.2) is 12.1 Å². The first-order chi connectivity index (χ1) is 7.65. The molecule has 1 saturated carbocycles. The summed E-state index contributed by atoms with van der Waals surface area (Å²) in [5, 5.41) is 3.66. The third-order valence-electron chi connectivity index (χ3n) is 3.50. The molecule has 2 rings (SSSR count). The predicted molar refractivity (Wildman–Crippen MR) is 70.9 cm³/mol. The lowest BCUT2D eigenvalue weighted by atomic mass is 9.92. The highest BCUT2D eigenvalue weighted by Gasteiger charge is 2.18. The van der Waals surface area contributed by atoms with E-state index < -0.39 is 0 Å². The van der Waals surface area contributed by atoms with Crippen molar-refractivity contribution in [1.29, 1.82) is 0 Å². The number of aryl methyl sites for hydroxylation is 2. The van der Waals surface area contributed by atoms with Gasteiger partial charge in [0.1, 0.15) is 0 Å². The highest BCUT2D eigenvalue weighted by atomic mass is 32.1. The molecule has 1 heterocycles.